The van der Waals surface area contributed by atoms with Crippen LogP contribution < -0.4 is 11.5 Å². The molecule has 3 aromatic heterocycles. The molecule has 0 radical (unpaired) electrons. The third-order valence-corrected chi connectivity index (χ3v) is 9.18. The summed E-state index contributed by atoms with van der Waals surface area (Å²) in [5.74, 6) is 0. The molecule has 8 aromatic rings. The predicted octanol–water partition coefficient (Wildman–Crippen LogP) is 9.56. The maximum absolute atomic E-state index is 6.54. The van der Waals surface area contributed by atoms with Crippen molar-refractivity contribution < 1.29 is 0 Å². The van der Waals surface area contributed by atoms with Gasteiger partial charge in [-0.05, 0) is 72.5 Å². The molecule has 48 heavy (non-hydrogen) atoms. The van der Waals surface area contributed by atoms with E-state index >= 15 is 0 Å². The molecule has 0 aliphatic carbocycles. The molecule has 0 fully saturated rings. The molecule has 5 aromatic carbocycles. The zero-order valence-corrected chi connectivity index (χ0v) is 26.1. The molecule has 0 atom stereocenters. The number of hydrogen-bond acceptors (Lipinski definition) is 6. The minimum atomic E-state index is 0.646. The fraction of sp³-hybridized carbons (Fsp3) is 0.0476. The topological polar surface area (TPSA) is 103 Å². The van der Waals surface area contributed by atoms with Crippen LogP contribution in [0.5, 0.6) is 0 Å². The number of aryl methyl sites for hydroxylation is 1. The zero-order valence-electron chi connectivity index (χ0n) is 26.1. The Labute approximate surface area is 277 Å². The minimum Gasteiger partial charge on any atom is -0.399 e. The van der Waals surface area contributed by atoms with E-state index in [0.29, 0.717) is 5.69 Å². The molecule has 0 spiro atoms. The predicted molar refractivity (Wildman–Crippen MR) is 198 cm³/mol. The lowest BCUT2D eigenvalue weighted by Gasteiger charge is -2.18. The molecule has 0 saturated heterocycles. The Hall–Kier alpha value is -6.40. The Bertz CT molecular complexity index is 2570. The normalized spacial score (nSPS) is 12.7. The molecule has 4 N–H and O–H groups in total. The maximum Gasteiger partial charge on any atom is 0.0972 e. The first kappa shape index (κ1) is 27.9. The van der Waals surface area contributed by atoms with Crippen molar-refractivity contribution in [2.24, 2.45) is 4.99 Å². The van der Waals surface area contributed by atoms with Gasteiger partial charge in [0, 0.05) is 49.9 Å². The molecule has 1 aliphatic heterocycles. The smallest absolute Gasteiger partial charge is 0.0972 e. The molecule has 0 bridgehead atoms. The minimum absolute atomic E-state index is 0.646. The van der Waals surface area contributed by atoms with Gasteiger partial charge in [-0.2, -0.15) is 0 Å². The Morgan fingerprint density at radius 3 is 1.60 bits per heavy atom. The first-order valence-corrected chi connectivity index (χ1v) is 16.1. The van der Waals surface area contributed by atoms with Crippen molar-refractivity contribution in [3.63, 3.8) is 0 Å². The Morgan fingerprint density at radius 2 is 0.958 bits per heavy atom. The standard InChI is InChI=1S/C42H30N6/c43-33-16-10-26(11-17-33)36-19-13-28-7-9-30-15-21-38(48-42(30)40(28)46-36)32-22-31(23-34(44)24-32)37-20-14-29-8-6-27-12-18-35(25-4-2-1-3-5-25)45-39(27)41(29)47-37/h1-12,14-18,20-24H,13,19,43-44H2. The SMILES string of the molecule is Nc1ccc(C2=Nc3c(ccc4ccc(-c5cc(N)cc(-c6ccc7ccc8ccc(-c9ccccc9)nc8c7n6)c5)nc34)CC2)cc1. The van der Waals surface area contributed by atoms with Crippen LogP contribution in [0.1, 0.15) is 17.5 Å². The van der Waals surface area contributed by atoms with Gasteiger partial charge in [0.1, 0.15) is 0 Å². The van der Waals surface area contributed by atoms with Crippen molar-refractivity contribution in [2.75, 3.05) is 11.5 Å². The number of rotatable bonds is 4. The van der Waals surface area contributed by atoms with E-state index in [1.807, 2.05) is 60.7 Å². The molecule has 228 valence electrons. The van der Waals surface area contributed by atoms with Gasteiger partial charge in [0.2, 0.25) is 0 Å². The summed E-state index contributed by atoms with van der Waals surface area (Å²) >= 11 is 0. The highest BCUT2D eigenvalue weighted by atomic mass is 14.8. The van der Waals surface area contributed by atoms with Crippen molar-refractivity contribution in [3.05, 3.63) is 145 Å². The third kappa shape index (κ3) is 4.91. The van der Waals surface area contributed by atoms with Gasteiger partial charge in [-0.15, -0.1) is 0 Å². The summed E-state index contributed by atoms with van der Waals surface area (Å²) in [6, 6.07) is 45.2. The molecule has 1 aliphatic rings. The quantitative estimate of drug-likeness (QED) is 0.151. The van der Waals surface area contributed by atoms with Crippen molar-refractivity contribution >= 4 is 55.5 Å². The molecule has 6 heteroatoms. The summed E-state index contributed by atoms with van der Waals surface area (Å²) in [5.41, 5.74) is 26.3. The zero-order chi connectivity index (χ0) is 32.2. The van der Waals surface area contributed by atoms with E-state index in [-0.39, 0.29) is 0 Å². The van der Waals surface area contributed by atoms with E-state index in [2.05, 4.69) is 72.8 Å². The number of nitrogens with zero attached hydrogens (tertiary/aromatic N) is 4. The lowest BCUT2D eigenvalue weighted by molar-refractivity contribution is 1.01. The van der Waals surface area contributed by atoms with Gasteiger partial charge in [0.15, 0.2) is 0 Å². The molecule has 4 heterocycles. The van der Waals surface area contributed by atoms with Crippen LogP contribution in [0.15, 0.2) is 138 Å². The average molecular weight is 619 g/mol. The second-order valence-electron chi connectivity index (χ2n) is 12.3. The lowest BCUT2D eigenvalue weighted by atomic mass is 9.95. The number of pyridine rings is 3. The Balaban J connectivity index is 1.14. The largest absolute Gasteiger partial charge is 0.399 e. The Kier molecular flexibility index (Phi) is 6.47. The number of nitrogen functional groups attached to an aromatic ring is 2. The molecular formula is C42H30N6. The summed E-state index contributed by atoms with van der Waals surface area (Å²) in [7, 11) is 0. The number of benzene rings is 5. The first-order valence-electron chi connectivity index (χ1n) is 16.1. The molecule has 0 amide bonds. The third-order valence-electron chi connectivity index (χ3n) is 9.18. The highest BCUT2D eigenvalue weighted by molar-refractivity contribution is 6.07. The number of aliphatic imine (C=N–C) groups is 1. The fourth-order valence-corrected chi connectivity index (χ4v) is 6.68. The van der Waals surface area contributed by atoms with Crippen LogP contribution in [0.3, 0.4) is 0 Å². The summed E-state index contributed by atoms with van der Waals surface area (Å²) in [6.07, 6.45) is 1.78. The van der Waals surface area contributed by atoms with Gasteiger partial charge < -0.3 is 11.5 Å². The van der Waals surface area contributed by atoms with E-state index < -0.39 is 0 Å². The summed E-state index contributed by atoms with van der Waals surface area (Å²) in [4.78, 5) is 20.6. The van der Waals surface area contributed by atoms with E-state index in [9.17, 15) is 0 Å². The van der Waals surface area contributed by atoms with Crippen LogP contribution in [0.4, 0.5) is 17.1 Å². The second kappa shape index (κ2) is 11.1. The summed E-state index contributed by atoms with van der Waals surface area (Å²) < 4.78 is 0. The number of anilines is 2. The van der Waals surface area contributed by atoms with Crippen molar-refractivity contribution in [3.8, 4) is 33.8 Å². The van der Waals surface area contributed by atoms with Crippen molar-refractivity contribution in [2.45, 2.75) is 12.8 Å². The highest BCUT2D eigenvalue weighted by Gasteiger charge is 2.18. The summed E-state index contributed by atoms with van der Waals surface area (Å²) in [6.45, 7) is 0. The van der Waals surface area contributed by atoms with Gasteiger partial charge in [0.25, 0.3) is 0 Å². The van der Waals surface area contributed by atoms with Crippen LogP contribution in [0.25, 0.3) is 66.5 Å². The van der Waals surface area contributed by atoms with Crippen LogP contribution in [0, 0.1) is 0 Å². The van der Waals surface area contributed by atoms with Crippen LogP contribution in [0.2, 0.25) is 0 Å². The Morgan fingerprint density at radius 1 is 0.417 bits per heavy atom. The number of nitrogens with two attached hydrogens (primary N) is 2. The molecular weight excluding hydrogens is 589 g/mol. The fourth-order valence-electron chi connectivity index (χ4n) is 6.68. The summed E-state index contributed by atoms with van der Waals surface area (Å²) in [5, 5.41) is 3.13. The van der Waals surface area contributed by atoms with E-state index in [0.717, 1.165) is 102 Å². The van der Waals surface area contributed by atoms with Crippen molar-refractivity contribution in [1.29, 1.82) is 0 Å². The van der Waals surface area contributed by atoms with Crippen LogP contribution in [-0.4, -0.2) is 20.7 Å². The van der Waals surface area contributed by atoms with Gasteiger partial charge in [-0.1, -0.05) is 84.9 Å². The monoisotopic (exact) mass is 618 g/mol. The van der Waals surface area contributed by atoms with Gasteiger partial charge >= 0.3 is 0 Å². The van der Waals surface area contributed by atoms with E-state index in [1.54, 1.807) is 0 Å². The average Bonchev–Trinajstić information content (AvgIpc) is 3.14. The van der Waals surface area contributed by atoms with E-state index in [1.165, 1.54) is 5.56 Å². The van der Waals surface area contributed by atoms with Gasteiger partial charge in [0.05, 0.1) is 39.3 Å². The van der Waals surface area contributed by atoms with Crippen LogP contribution >= 0.6 is 0 Å². The lowest BCUT2D eigenvalue weighted by Crippen LogP contribution is -2.08. The van der Waals surface area contributed by atoms with Crippen LogP contribution in [-0.2, 0) is 6.42 Å². The van der Waals surface area contributed by atoms with Gasteiger partial charge in [-0.25, -0.2) is 15.0 Å². The van der Waals surface area contributed by atoms with E-state index in [4.69, 9.17) is 31.4 Å². The maximum atomic E-state index is 6.54. The highest BCUT2D eigenvalue weighted by Crippen LogP contribution is 2.37. The molecule has 0 saturated carbocycles. The molecule has 0 unspecified atom stereocenters. The number of fused-ring (bicyclic) bond motifs is 6. The molecule has 9 rings (SSSR count). The van der Waals surface area contributed by atoms with Gasteiger partial charge in [-0.3, -0.25) is 4.99 Å². The second-order valence-corrected chi connectivity index (χ2v) is 12.3. The van der Waals surface area contributed by atoms with Crippen molar-refractivity contribution in [1.82, 2.24) is 15.0 Å². The number of aromatic nitrogens is 3. The first-order chi connectivity index (χ1) is 23.6. The molecule has 6 nitrogen and oxygen atoms in total. The number of hydrogen-bond donors (Lipinski definition) is 2.